The van der Waals surface area contributed by atoms with Crippen LogP contribution in [0.4, 0.5) is 10.8 Å². The molecule has 1 saturated heterocycles. The minimum atomic E-state index is -3.27. The second kappa shape index (κ2) is 5.24. The molecule has 0 spiro atoms. The Labute approximate surface area is 125 Å². The van der Waals surface area contributed by atoms with Gasteiger partial charge in [-0.2, -0.15) is 4.31 Å². The summed E-state index contributed by atoms with van der Waals surface area (Å²) < 4.78 is 25.4. The molecule has 1 aromatic carbocycles. The van der Waals surface area contributed by atoms with Gasteiger partial charge in [-0.3, -0.25) is 4.79 Å². The van der Waals surface area contributed by atoms with Gasteiger partial charge in [0.05, 0.1) is 22.5 Å². The number of anilines is 2. The van der Waals surface area contributed by atoms with Gasteiger partial charge in [-0.15, -0.1) is 0 Å². The van der Waals surface area contributed by atoms with Crippen molar-refractivity contribution in [2.75, 3.05) is 29.9 Å². The maximum Gasteiger partial charge on any atom is 0.241 e. The van der Waals surface area contributed by atoms with Crippen molar-refractivity contribution in [1.82, 2.24) is 9.29 Å². The topological polar surface area (TPSA) is 105 Å². The number of thiazole rings is 1. The van der Waals surface area contributed by atoms with E-state index in [2.05, 4.69) is 10.3 Å². The lowest BCUT2D eigenvalue weighted by Gasteiger charge is -2.12. The Kier molecular flexibility index (Phi) is 3.56. The van der Waals surface area contributed by atoms with Crippen molar-refractivity contribution in [2.24, 2.45) is 0 Å². The maximum absolute atomic E-state index is 11.9. The minimum Gasteiger partial charge on any atom is -0.399 e. The van der Waals surface area contributed by atoms with Crippen LogP contribution in [-0.2, 0) is 14.8 Å². The molecule has 0 bridgehead atoms. The Morgan fingerprint density at radius 3 is 3.00 bits per heavy atom. The predicted molar refractivity (Wildman–Crippen MR) is 82.6 cm³/mol. The van der Waals surface area contributed by atoms with Crippen LogP contribution in [0.3, 0.4) is 0 Å². The van der Waals surface area contributed by atoms with E-state index < -0.39 is 10.0 Å². The van der Waals surface area contributed by atoms with Crippen molar-refractivity contribution in [1.29, 1.82) is 0 Å². The summed E-state index contributed by atoms with van der Waals surface area (Å²) in [7, 11) is -3.27. The molecule has 1 aliphatic heterocycles. The summed E-state index contributed by atoms with van der Waals surface area (Å²) in [6.45, 7) is 0.229. The monoisotopic (exact) mass is 326 g/mol. The largest absolute Gasteiger partial charge is 0.399 e. The molecular formula is C12H14N4O3S2. The number of nitrogen functional groups attached to an aromatic ring is 1. The van der Waals surface area contributed by atoms with Gasteiger partial charge >= 0.3 is 0 Å². The summed E-state index contributed by atoms with van der Waals surface area (Å²) in [5.41, 5.74) is 7.07. The second-order valence-corrected chi connectivity index (χ2v) is 7.92. The quantitative estimate of drug-likeness (QED) is 0.814. The lowest BCUT2D eigenvalue weighted by atomic mass is 10.3. The fourth-order valence-electron chi connectivity index (χ4n) is 2.18. The van der Waals surface area contributed by atoms with Crippen LogP contribution in [0.2, 0.25) is 0 Å². The van der Waals surface area contributed by atoms with E-state index in [1.807, 2.05) is 0 Å². The Morgan fingerprint density at radius 1 is 1.48 bits per heavy atom. The molecular weight excluding hydrogens is 312 g/mol. The third kappa shape index (κ3) is 2.99. The molecule has 1 aromatic heterocycles. The highest BCUT2D eigenvalue weighted by Crippen LogP contribution is 2.27. The van der Waals surface area contributed by atoms with Crippen molar-refractivity contribution in [3.63, 3.8) is 0 Å². The van der Waals surface area contributed by atoms with E-state index in [0.717, 1.165) is 10.2 Å². The summed E-state index contributed by atoms with van der Waals surface area (Å²) in [4.78, 5) is 16.2. The number of nitrogens with one attached hydrogen (secondary N) is 1. The second-order valence-electron chi connectivity index (χ2n) is 4.80. The molecule has 1 fully saturated rings. The van der Waals surface area contributed by atoms with Gasteiger partial charge in [-0.1, -0.05) is 11.3 Å². The van der Waals surface area contributed by atoms with Crippen molar-refractivity contribution in [3.8, 4) is 0 Å². The molecule has 0 aliphatic carbocycles. The number of carbonyl (C=O) groups excluding carboxylic acids is 1. The third-order valence-corrected chi connectivity index (χ3v) is 6.02. The number of aromatic nitrogens is 1. The number of hydrogen-bond donors (Lipinski definition) is 2. The van der Waals surface area contributed by atoms with Crippen molar-refractivity contribution in [2.45, 2.75) is 6.42 Å². The van der Waals surface area contributed by atoms with Crippen LogP contribution in [0.25, 0.3) is 10.2 Å². The van der Waals surface area contributed by atoms with Crippen LogP contribution in [-0.4, -0.2) is 42.5 Å². The van der Waals surface area contributed by atoms with E-state index in [9.17, 15) is 13.2 Å². The molecule has 0 radical (unpaired) electrons. The molecule has 2 aromatic rings. The molecule has 0 unspecified atom stereocenters. The number of amides is 1. The molecule has 9 heteroatoms. The van der Waals surface area contributed by atoms with Gasteiger partial charge in [0.1, 0.15) is 0 Å². The van der Waals surface area contributed by atoms with Gasteiger partial charge in [0, 0.05) is 12.2 Å². The number of benzene rings is 1. The molecule has 0 atom stereocenters. The van der Waals surface area contributed by atoms with Gasteiger partial charge in [0.15, 0.2) is 5.13 Å². The van der Waals surface area contributed by atoms with E-state index >= 15 is 0 Å². The first-order chi connectivity index (χ1) is 9.94. The summed E-state index contributed by atoms with van der Waals surface area (Å²) in [5, 5.41) is 3.08. The molecule has 7 nitrogen and oxygen atoms in total. The zero-order chi connectivity index (χ0) is 15.0. The number of sulfonamides is 1. The SMILES string of the molecule is Nc1ccc2nc(NC(=O)CN3CCCS3(=O)=O)sc2c1. The Morgan fingerprint density at radius 2 is 2.29 bits per heavy atom. The summed E-state index contributed by atoms with van der Waals surface area (Å²) in [5.74, 6) is -0.270. The third-order valence-electron chi connectivity index (χ3n) is 3.18. The van der Waals surface area contributed by atoms with E-state index in [4.69, 9.17) is 5.73 Å². The van der Waals surface area contributed by atoms with Crippen LogP contribution < -0.4 is 11.1 Å². The zero-order valence-corrected chi connectivity index (χ0v) is 12.7. The summed E-state index contributed by atoms with van der Waals surface area (Å²) >= 11 is 1.31. The molecule has 21 heavy (non-hydrogen) atoms. The number of rotatable bonds is 3. The zero-order valence-electron chi connectivity index (χ0n) is 11.1. The Hall–Kier alpha value is -1.71. The molecule has 3 rings (SSSR count). The van der Waals surface area contributed by atoms with E-state index in [0.29, 0.717) is 23.8 Å². The normalized spacial score (nSPS) is 18.1. The van der Waals surface area contributed by atoms with E-state index in [-0.39, 0.29) is 18.2 Å². The molecule has 0 saturated carbocycles. The first-order valence-electron chi connectivity index (χ1n) is 6.38. The standard InChI is InChI=1S/C12H14N4O3S2/c13-8-2-3-9-10(6-8)20-12(14-9)15-11(17)7-16-4-1-5-21(16,18)19/h2-3,6H,1,4-5,7,13H2,(H,14,15,17). The van der Waals surface area contributed by atoms with Crippen LogP contribution in [0.15, 0.2) is 18.2 Å². The van der Waals surface area contributed by atoms with Gasteiger partial charge in [-0.05, 0) is 24.6 Å². The van der Waals surface area contributed by atoms with Gasteiger partial charge in [-0.25, -0.2) is 13.4 Å². The fraction of sp³-hybridized carbons (Fsp3) is 0.333. The number of carbonyl (C=O) groups is 1. The number of fused-ring (bicyclic) bond motifs is 1. The van der Waals surface area contributed by atoms with Crippen LogP contribution in [0.5, 0.6) is 0 Å². The number of hydrogen-bond acceptors (Lipinski definition) is 6. The predicted octanol–water partition coefficient (Wildman–Crippen LogP) is 0.852. The van der Waals surface area contributed by atoms with Crippen molar-refractivity contribution < 1.29 is 13.2 Å². The van der Waals surface area contributed by atoms with Crippen molar-refractivity contribution >= 4 is 48.3 Å². The fourth-order valence-corrected chi connectivity index (χ4v) is 4.59. The summed E-state index contributed by atoms with van der Waals surface area (Å²) in [6.07, 6.45) is 0.566. The average Bonchev–Trinajstić information content (AvgIpc) is 2.92. The Balaban J connectivity index is 1.71. The number of nitrogens with two attached hydrogens (primary N) is 1. The lowest BCUT2D eigenvalue weighted by molar-refractivity contribution is -0.116. The number of nitrogens with zero attached hydrogens (tertiary/aromatic N) is 2. The van der Waals surface area contributed by atoms with Gasteiger partial charge in [0.2, 0.25) is 15.9 Å². The first kappa shape index (κ1) is 14.2. The highest BCUT2D eigenvalue weighted by atomic mass is 32.2. The average molecular weight is 326 g/mol. The highest BCUT2D eigenvalue weighted by Gasteiger charge is 2.29. The first-order valence-corrected chi connectivity index (χ1v) is 8.80. The summed E-state index contributed by atoms with van der Waals surface area (Å²) in [6, 6.07) is 5.31. The smallest absolute Gasteiger partial charge is 0.241 e. The minimum absolute atomic E-state index is 0.112. The van der Waals surface area contributed by atoms with Crippen molar-refractivity contribution in [3.05, 3.63) is 18.2 Å². The molecule has 1 amide bonds. The molecule has 3 N–H and O–H groups in total. The molecule has 1 aliphatic rings. The van der Waals surface area contributed by atoms with E-state index in [1.54, 1.807) is 18.2 Å². The van der Waals surface area contributed by atoms with E-state index in [1.165, 1.54) is 15.6 Å². The maximum atomic E-state index is 11.9. The van der Waals surface area contributed by atoms with Crippen LogP contribution >= 0.6 is 11.3 Å². The van der Waals surface area contributed by atoms with Gasteiger partial charge < -0.3 is 11.1 Å². The van der Waals surface area contributed by atoms with Gasteiger partial charge in [0.25, 0.3) is 0 Å². The van der Waals surface area contributed by atoms with Crippen LogP contribution in [0, 0.1) is 0 Å². The Bertz CT molecular complexity index is 800. The highest BCUT2D eigenvalue weighted by molar-refractivity contribution is 7.89. The lowest BCUT2D eigenvalue weighted by Crippen LogP contribution is -2.34. The molecule has 112 valence electrons. The van der Waals surface area contributed by atoms with Crippen LogP contribution in [0.1, 0.15) is 6.42 Å². The molecule has 2 heterocycles.